The summed E-state index contributed by atoms with van der Waals surface area (Å²) in [4.78, 5) is 24.6. The number of aryl methyl sites for hydroxylation is 1. The van der Waals surface area contributed by atoms with Gasteiger partial charge in [0.1, 0.15) is 0 Å². The van der Waals surface area contributed by atoms with Crippen molar-refractivity contribution in [3.63, 3.8) is 0 Å². The first-order chi connectivity index (χ1) is 12.6. The van der Waals surface area contributed by atoms with Crippen molar-refractivity contribution in [2.24, 2.45) is 0 Å². The van der Waals surface area contributed by atoms with Crippen molar-refractivity contribution >= 4 is 23.1 Å². The van der Waals surface area contributed by atoms with Crippen LogP contribution in [0, 0.1) is 0 Å². The molecule has 0 saturated carbocycles. The van der Waals surface area contributed by atoms with Crippen LogP contribution in [0.1, 0.15) is 32.7 Å². The summed E-state index contributed by atoms with van der Waals surface area (Å²) in [7, 11) is 0. The van der Waals surface area contributed by atoms with Gasteiger partial charge in [-0.15, -0.1) is 0 Å². The maximum atomic E-state index is 12.3. The fourth-order valence-electron chi connectivity index (χ4n) is 2.66. The van der Waals surface area contributed by atoms with E-state index in [0.717, 1.165) is 5.56 Å². The zero-order valence-electron chi connectivity index (χ0n) is 14.3. The number of hydrogen-bond acceptors (Lipinski definition) is 3. The van der Waals surface area contributed by atoms with Crippen molar-refractivity contribution in [3.8, 4) is 0 Å². The van der Waals surface area contributed by atoms with E-state index in [2.05, 4.69) is 5.32 Å². The van der Waals surface area contributed by atoms with Gasteiger partial charge in [0.15, 0.2) is 5.78 Å². The molecule has 4 heteroatoms. The number of ketones is 1. The first-order valence-electron chi connectivity index (χ1n) is 8.46. The SMILES string of the molecule is Nc1ccccc1NC(=O)c1ccc(C(=O)CCc2ccccc2)cc1. The number of carbonyl (C=O) groups excluding carboxylic acids is 2. The number of nitrogens with two attached hydrogens (primary N) is 1. The van der Waals surface area contributed by atoms with Crippen LogP contribution >= 0.6 is 0 Å². The summed E-state index contributed by atoms with van der Waals surface area (Å²) in [6, 6.07) is 23.7. The monoisotopic (exact) mass is 344 g/mol. The topological polar surface area (TPSA) is 72.2 Å². The Bertz CT molecular complexity index is 903. The fourth-order valence-corrected chi connectivity index (χ4v) is 2.66. The van der Waals surface area contributed by atoms with E-state index < -0.39 is 0 Å². The Morgan fingerprint density at radius 1 is 0.769 bits per heavy atom. The molecule has 0 saturated heterocycles. The van der Waals surface area contributed by atoms with Gasteiger partial charge < -0.3 is 11.1 Å². The van der Waals surface area contributed by atoms with Gasteiger partial charge in [0.2, 0.25) is 0 Å². The highest BCUT2D eigenvalue weighted by molar-refractivity contribution is 6.06. The molecule has 0 aliphatic carbocycles. The van der Waals surface area contributed by atoms with Crippen LogP contribution in [-0.2, 0) is 6.42 Å². The Hall–Kier alpha value is -3.40. The van der Waals surface area contributed by atoms with E-state index in [0.29, 0.717) is 35.3 Å². The van der Waals surface area contributed by atoms with Gasteiger partial charge in [0, 0.05) is 17.5 Å². The van der Waals surface area contributed by atoms with Gasteiger partial charge in [0.05, 0.1) is 11.4 Å². The minimum atomic E-state index is -0.258. The number of nitrogen functional groups attached to an aromatic ring is 1. The van der Waals surface area contributed by atoms with Gasteiger partial charge >= 0.3 is 0 Å². The summed E-state index contributed by atoms with van der Waals surface area (Å²) in [5.74, 6) is -0.195. The van der Waals surface area contributed by atoms with E-state index in [1.807, 2.05) is 30.3 Å². The normalized spacial score (nSPS) is 10.3. The number of para-hydroxylation sites is 2. The molecule has 1 amide bonds. The highest BCUT2D eigenvalue weighted by atomic mass is 16.1. The summed E-state index contributed by atoms with van der Waals surface area (Å²) in [5, 5.41) is 2.77. The molecular weight excluding hydrogens is 324 g/mol. The van der Waals surface area contributed by atoms with Gasteiger partial charge in [0.25, 0.3) is 5.91 Å². The van der Waals surface area contributed by atoms with Crippen LogP contribution in [0.5, 0.6) is 0 Å². The number of carbonyl (C=O) groups is 2. The number of nitrogens with one attached hydrogen (secondary N) is 1. The third kappa shape index (κ3) is 4.36. The predicted octanol–water partition coefficient (Wildman–Crippen LogP) is 4.34. The molecule has 0 atom stereocenters. The molecule has 3 rings (SSSR count). The molecule has 0 bridgehead atoms. The van der Waals surface area contributed by atoms with Gasteiger partial charge in [-0.05, 0) is 36.2 Å². The molecule has 26 heavy (non-hydrogen) atoms. The van der Waals surface area contributed by atoms with Crippen LogP contribution in [0.3, 0.4) is 0 Å². The summed E-state index contributed by atoms with van der Waals surface area (Å²) in [6.07, 6.45) is 1.14. The molecule has 130 valence electrons. The average molecular weight is 344 g/mol. The second-order valence-corrected chi connectivity index (χ2v) is 6.03. The zero-order valence-corrected chi connectivity index (χ0v) is 14.3. The smallest absolute Gasteiger partial charge is 0.255 e. The number of rotatable bonds is 6. The molecular formula is C22H20N2O2. The molecule has 0 unspecified atom stereocenters. The minimum absolute atomic E-state index is 0.0631. The number of hydrogen-bond donors (Lipinski definition) is 2. The Balaban J connectivity index is 1.61. The molecule has 0 heterocycles. The van der Waals surface area contributed by atoms with Crippen LogP contribution < -0.4 is 11.1 Å². The number of amides is 1. The van der Waals surface area contributed by atoms with Crippen LogP contribution in [0.2, 0.25) is 0 Å². The summed E-state index contributed by atoms with van der Waals surface area (Å²) in [5.41, 5.74) is 9.13. The first-order valence-corrected chi connectivity index (χ1v) is 8.46. The molecule has 0 fully saturated rings. The van der Waals surface area contributed by atoms with Gasteiger partial charge in [-0.3, -0.25) is 9.59 Å². The van der Waals surface area contributed by atoms with Crippen LogP contribution in [0.4, 0.5) is 11.4 Å². The summed E-state index contributed by atoms with van der Waals surface area (Å²) < 4.78 is 0. The predicted molar refractivity (Wildman–Crippen MR) is 104 cm³/mol. The van der Waals surface area contributed by atoms with Crippen molar-refractivity contribution in [2.75, 3.05) is 11.1 Å². The summed E-state index contributed by atoms with van der Waals surface area (Å²) in [6.45, 7) is 0. The first kappa shape index (κ1) is 17.4. The molecule has 3 aromatic carbocycles. The molecule has 3 aromatic rings. The third-order valence-corrected chi connectivity index (χ3v) is 4.16. The lowest BCUT2D eigenvalue weighted by Crippen LogP contribution is -2.13. The van der Waals surface area contributed by atoms with Crippen LogP contribution in [0.15, 0.2) is 78.9 Å². The van der Waals surface area contributed by atoms with E-state index in [1.165, 1.54) is 0 Å². The minimum Gasteiger partial charge on any atom is -0.397 e. The Labute approximate surface area is 152 Å². The van der Waals surface area contributed by atoms with Crippen molar-refractivity contribution in [1.82, 2.24) is 0 Å². The molecule has 0 radical (unpaired) electrons. The second-order valence-electron chi connectivity index (χ2n) is 6.03. The van der Waals surface area contributed by atoms with Gasteiger partial charge in [-0.1, -0.05) is 54.6 Å². The van der Waals surface area contributed by atoms with E-state index in [4.69, 9.17) is 5.73 Å². The molecule has 0 spiro atoms. The quantitative estimate of drug-likeness (QED) is 0.516. The third-order valence-electron chi connectivity index (χ3n) is 4.16. The van der Waals surface area contributed by atoms with Gasteiger partial charge in [-0.2, -0.15) is 0 Å². The van der Waals surface area contributed by atoms with Gasteiger partial charge in [-0.25, -0.2) is 0 Å². The van der Waals surface area contributed by atoms with Crippen molar-refractivity contribution < 1.29 is 9.59 Å². The van der Waals surface area contributed by atoms with E-state index in [-0.39, 0.29) is 11.7 Å². The Morgan fingerprint density at radius 2 is 1.38 bits per heavy atom. The lowest BCUT2D eigenvalue weighted by molar-refractivity contribution is 0.0979. The number of anilines is 2. The van der Waals surface area contributed by atoms with E-state index in [9.17, 15) is 9.59 Å². The van der Waals surface area contributed by atoms with E-state index in [1.54, 1.807) is 48.5 Å². The average Bonchev–Trinajstić information content (AvgIpc) is 2.69. The van der Waals surface area contributed by atoms with Crippen LogP contribution in [0.25, 0.3) is 0 Å². The van der Waals surface area contributed by atoms with E-state index >= 15 is 0 Å². The molecule has 0 aromatic heterocycles. The maximum absolute atomic E-state index is 12.3. The number of Topliss-reactive ketones (excluding diaryl/α,β-unsaturated/α-hetero) is 1. The maximum Gasteiger partial charge on any atom is 0.255 e. The Kier molecular flexibility index (Phi) is 5.44. The number of benzene rings is 3. The summed E-state index contributed by atoms with van der Waals surface area (Å²) >= 11 is 0. The molecule has 0 aliphatic rings. The molecule has 3 N–H and O–H groups in total. The lowest BCUT2D eigenvalue weighted by atomic mass is 10.0. The van der Waals surface area contributed by atoms with Crippen molar-refractivity contribution in [1.29, 1.82) is 0 Å². The Morgan fingerprint density at radius 3 is 2.08 bits per heavy atom. The molecule has 0 aliphatic heterocycles. The highest BCUT2D eigenvalue weighted by Crippen LogP contribution is 2.18. The fraction of sp³-hybridized carbons (Fsp3) is 0.0909. The largest absolute Gasteiger partial charge is 0.397 e. The van der Waals surface area contributed by atoms with Crippen molar-refractivity contribution in [3.05, 3.63) is 95.6 Å². The highest BCUT2D eigenvalue weighted by Gasteiger charge is 2.10. The standard InChI is InChI=1S/C22H20N2O2/c23-19-8-4-5-9-20(19)24-22(26)18-13-11-17(12-14-18)21(25)15-10-16-6-2-1-3-7-16/h1-9,11-14H,10,15,23H2,(H,24,26). The van der Waals surface area contributed by atoms with Crippen molar-refractivity contribution in [2.45, 2.75) is 12.8 Å². The van der Waals surface area contributed by atoms with Crippen LogP contribution in [-0.4, -0.2) is 11.7 Å². The lowest BCUT2D eigenvalue weighted by Gasteiger charge is -2.08. The molecule has 4 nitrogen and oxygen atoms in total. The zero-order chi connectivity index (χ0) is 18.4. The second kappa shape index (κ2) is 8.12.